The van der Waals surface area contributed by atoms with Crippen LogP contribution in [0.15, 0.2) is 21.9 Å². The Morgan fingerprint density at radius 1 is 1.53 bits per heavy atom. The summed E-state index contributed by atoms with van der Waals surface area (Å²) >= 11 is 1.60. The molecule has 1 unspecified atom stereocenters. The highest BCUT2D eigenvalue weighted by atomic mass is 32.1. The molecule has 2 aromatic heterocycles. The fourth-order valence-electron chi connectivity index (χ4n) is 1.38. The van der Waals surface area contributed by atoms with Crippen molar-refractivity contribution in [3.05, 3.63) is 23.4 Å². The first-order valence-electron chi connectivity index (χ1n) is 4.89. The molecule has 0 aliphatic carbocycles. The van der Waals surface area contributed by atoms with E-state index in [0.717, 1.165) is 11.3 Å². The predicted molar refractivity (Wildman–Crippen MR) is 59.7 cm³/mol. The van der Waals surface area contributed by atoms with Gasteiger partial charge >= 0.3 is 0 Å². The smallest absolute Gasteiger partial charge is 0.257 e. The third-order valence-electron chi connectivity index (χ3n) is 2.23. The van der Waals surface area contributed by atoms with Crippen LogP contribution in [0.5, 0.6) is 0 Å². The van der Waals surface area contributed by atoms with Gasteiger partial charge in [0.05, 0.1) is 10.9 Å². The highest BCUT2D eigenvalue weighted by molar-refractivity contribution is 7.13. The van der Waals surface area contributed by atoms with Gasteiger partial charge in [0.25, 0.3) is 5.89 Å². The van der Waals surface area contributed by atoms with Gasteiger partial charge in [-0.15, -0.1) is 21.5 Å². The van der Waals surface area contributed by atoms with E-state index in [4.69, 9.17) is 4.42 Å². The lowest BCUT2D eigenvalue weighted by atomic mass is 10.2. The largest absolute Gasteiger partial charge is 0.418 e. The second-order valence-corrected chi connectivity index (χ2v) is 4.12. The molecule has 0 saturated carbocycles. The van der Waals surface area contributed by atoms with Crippen LogP contribution < -0.4 is 5.32 Å². The summed E-state index contributed by atoms with van der Waals surface area (Å²) in [5, 5.41) is 13.2. The summed E-state index contributed by atoms with van der Waals surface area (Å²) in [6, 6.07) is 4.09. The van der Waals surface area contributed by atoms with Gasteiger partial charge in [-0.1, -0.05) is 13.0 Å². The quantitative estimate of drug-likeness (QED) is 0.865. The maximum absolute atomic E-state index is 5.60. The molecule has 5 heteroatoms. The second kappa shape index (κ2) is 4.55. The van der Waals surface area contributed by atoms with Gasteiger partial charge in [-0.3, -0.25) is 0 Å². The zero-order valence-electron chi connectivity index (χ0n) is 8.73. The third-order valence-corrected chi connectivity index (χ3v) is 3.09. The average molecular weight is 223 g/mol. The van der Waals surface area contributed by atoms with Gasteiger partial charge in [-0.05, 0) is 24.9 Å². The van der Waals surface area contributed by atoms with Gasteiger partial charge in [0, 0.05) is 0 Å². The fraction of sp³-hybridized carbons (Fsp3) is 0.400. The Morgan fingerprint density at radius 3 is 3.00 bits per heavy atom. The van der Waals surface area contributed by atoms with E-state index in [1.54, 1.807) is 11.3 Å². The molecule has 2 aromatic rings. The van der Waals surface area contributed by atoms with E-state index in [1.807, 2.05) is 24.6 Å². The Labute approximate surface area is 92.3 Å². The third kappa shape index (κ3) is 2.08. The number of rotatable bonds is 4. The summed E-state index contributed by atoms with van der Waals surface area (Å²) in [4.78, 5) is 1.01. The van der Waals surface area contributed by atoms with Crippen LogP contribution in [0.3, 0.4) is 0 Å². The van der Waals surface area contributed by atoms with E-state index >= 15 is 0 Å². The van der Waals surface area contributed by atoms with Crippen molar-refractivity contribution in [1.29, 1.82) is 0 Å². The average Bonchev–Trinajstić information content (AvgIpc) is 2.89. The lowest BCUT2D eigenvalue weighted by molar-refractivity contribution is 0.415. The molecule has 0 saturated heterocycles. The summed E-state index contributed by atoms with van der Waals surface area (Å²) in [7, 11) is 1.89. The molecular weight excluding hydrogens is 210 g/mol. The maximum atomic E-state index is 5.60. The van der Waals surface area contributed by atoms with Crippen LogP contribution in [-0.4, -0.2) is 17.2 Å². The second-order valence-electron chi connectivity index (χ2n) is 3.17. The predicted octanol–water partition coefficient (Wildman–Crippen LogP) is 2.47. The van der Waals surface area contributed by atoms with Crippen molar-refractivity contribution in [2.75, 3.05) is 7.05 Å². The molecule has 0 aliphatic rings. The van der Waals surface area contributed by atoms with E-state index in [9.17, 15) is 0 Å². The van der Waals surface area contributed by atoms with Crippen LogP contribution in [0.1, 0.15) is 25.3 Å². The van der Waals surface area contributed by atoms with Crippen molar-refractivity contribution < 1.29 is 4.42 Å². The lowest BCUT2D eigenvalue weighted by Crippen LogP contribution is -2.15. The van der Waals surface area contributed by atoms with Crippen molar-refractivity contribution >= 4 is 11.3 Å². The first-order chi connectivity index (χ1) is 7.35. The number of hydrogen-bond donors (Lipinski definition) is 1. The number of nitrogens with one attached hydrogen (secondary N) is 1. The van der Waals surface area contributed by atoms with Gasteiger partial charge < -0.3 is 9.73 Å². The first-order valence-corrected chi connectivity index (χ1v) is 5.77. The van der Waals surface area contributed by atoms with Crippen LogP contribution in [0.4, 0.5) is 0 Å². The van der Waals surface area contributed by atoms with Crippen LogP contribution in [0, 0.1) is 0 Å². The van der Waals surface area contributed by atoms with Gasteiger partial charge in [0.1, 0.15) is 0 Å². The summed E-state index contributed by atoms with van der Waals surface area (Å²) in [5.41, 5.74) is 0. The number of aromatic nitrogens is 2. The molecule has 0 spiro atoms. The molecule has 15 heavy (non-hydrogen) atoms. The fourth-order valence-corrected chi connectivity index (χ4v) is 2.02. The summed E-state index contributed by atoms with van der Waals surface area (Å²) in [6.45, 7) is 2.08. The number of nitrogens with zero attached hydrogens (tertiary/aromatic N) is 2. The van der Waals surface area contributed by atoms with Crippen molar-refractivity contribution in [2.24, 2.45) is 0 Å². The highest BCUT2D eigenvalue weighted by Gasteiger charge is 2.15. The summed E-state index contributed by atoms with van der Waals surface area (Å²) in [5.74, 6) is 1.26. The van der Waals surface area contributed by atoms with Crippen LogP contribution in [0.25, 0.3) is 10.8 Å². The Hall–Kier alpha value is -1.20. The topological polar surface area (TPSA) is 51.0 Å². The molecule has 4 nitrogen and oxygen atoms in total. The van der Waals surface area contributed by atoms with E-state index in [2.05, 4.69) is 22.4 Å². The minimum absolute atomic E-state index is 0.145. The maximum Gasteiger partial charge on any atom is 0.257 e. The Kier molecular flexibility index (Phi) is 3.13. The monoisotopic (exact) mass is 223 g/mol. The Bertz CT molecular complexity index is 406. The van der Waals surface area contributed by atoms with Crippen LogP contribution in [0.2, 0.25) is 0 Å². The van der Waals surface area contributed by atoms with Gasteiger partial charge in [-0.2, -0.15) is 0 Å². The highest BCUT2D eigenvalue weighted by Crippen LogP contribution is 2.25. The van der Waals surface area contributed by atoms with Crippen LogP contribution in [-0.2, 0) is 0 Å². The zero-order chi connectivity index (χ0) is 10.7. The molecule has 2 heterocycles. The standard InChI is InChI=1S/C10H13N3OS/c1-3-7(11-2)9-12-13-10(14-9)8-5-4-6-15-8/h4-7,11H,3H2,1-2H3. The van der Waals surface area contributed by atoms with Crippen LogP contribution >= 0.6 is 11.3 Å². The molecule has 0 bridgehead atoms. The summed E-state index contributed by atoms with van der Waals surface area (Å²) in [6.07, 6.45) is 0.933. The minimum atomic E-state index is 0.145. The normalized spacial score (nSPS) is 12.9. The number of hydrogen-bond acceptors (Lipinski definition) is 5. The van der Waals surface area contributed by atoms with Gasteiger partial charge in [0.15, 0.2) is 0 Å². The molecule has 0 radical (unpaired) electrons. The Balaban J connectivity index is 2.24. The van der Waals surface area contributed by atoms with Gasteiger partial charge in [-0.25, -0.2) is 0 Å². The van der Waals surface area contributed by atoms with E-state index in [1.165, 1.54) is 0 Å². The number of thiophene rings is 1. The van der Waals surface area contributed by atoms with Gasteiger partial charge in [0.2, 0.25) is 5.89 Å². The molecule has 2 rings (SSSR count). The van der Waals surface area contributed by atoms with Crippen molar-refractivity contribution in [1.82, 2.24) is 15.5 Å². The molecule has 0 aliphatic heterocycles. The molecule has 80 valence electrons. The zero-order valence-corrected chi connectivity index (χ0v) is 9.54. The van der Waals surface area contributed by atoms with Crippen molar-refractivity contribution in [2.45, 2.75) is 19.4 Å². The molecule has 0 amide bonds. The lowest BCUT2D eigenvalue weighted by Gasteiger charge is -2.06. The Morgan fingerprint density at radius 2 is 2.40 bits per heavy atom. The van der Waals surface area contributed by atoms with Crippen molar-refractivity contribution in [3.8, 4) is 10.8 Å². The first kappa shape index (κ1) is 10.3. The SMILES string of the molecule is CCC(NC)c1nnc(-c2cccs2)o1. The minimum Gasteiger partial charge on any atom is -0.418 e. The molecule has 1 N–H and O–H groups in total. The van der Waals surface area contributed by atoms with E-state index < -0.39 is 0 Å². The summed E-state index contributed by atoms with van der Waals surface area (Å²) < 4.78 is 5.60. The molecular formula is C10H13N3OS. The van der Waals surface area contributed by atoms with E-state index in [-0.39, 0.29) is 6.04 Å². The molecule has 0 aromatic carbocycles. The molecule has 0 fully saturated rings. The molecule has 1 atom stereocenters. The van der Waals surface area contributed by atoms with E-state index in [0.29, 0.717) is 11.8 Å². The van der Waals surface area contributed by atoms with Crippen molar-refractivity contribution in [3.63, 3.8) is 0 Å².